The Morgan fingerprint density at radius 1 is 1.06 bits per heavy atom. The maximum atomic E-state index is 13.2. The topological polar surface area (TPSA) is 52.2 Å². The summed E-state index contributed by atoms with van der Waals surface area (Å²) in [7, 11) is 0. The van der Waals surface area contributed by atoms with E-state index in [9.17, 15) is 4.79 Å². The van der Waals surface area contributed by atoms with E-state index in [4.69, 9.17) is 11.6 Å². The van der Waals surface area contributed by atoms with Crippen LogP contribution in [-0.4, -0.2) is 20.4 Å². The van der Waals surface area contributed by atoms with E-state index in [-0.39, 0.29) is 5.56 Å². The summed E-state index contributed by atoms with van der Waals surface area (Å²) < 4.78 is 4.41. The van der Waals surface area contributed by atoms with Gasteiger partial charge in [0.05, 0.1) is 17.1 Å². The molecule has 3 aromatic carbocycles. The van der Waals surface area contributed by atoms with Gasteiger partial charge < -0.3 is 4.57 Å². The van der Waals surface area contributed by atoms with Crippen molar-refractivity contribution in [3.63, 3.8) is 0 Å². The highest BCUT2D eigenvalue weighted by molar-refractivity contribution is 9.10. The van der Waals surface area contributed by atoms with Crippen molar-refractivity contribution in [2.45, 2.75) is 19.9 Å². The van der Waals surface area contributed by atoms with E-state index in [1.165, 1.54) is 4.68 Å². The zero-order chi connectivity index (χ0) is 22.9. The van der Waals surface area contributed by atoms with Crippen LogP contribution in [0.15, 0.2) is 87.3 Å². The van der Waals surface area contributed by atoms with E-state index in [0.29, 0.717) is 29.7 Å². The van der Waals surface area contributed by atoms with Gasteiger partial charge in [0, 0.05) is 45.1 Å². The second kappa shape index (κ2) is 8.96. The first-order chi connectivity index (χ1) is 16.0. The normalized spacial score (nSPS) is 11.7. The molecule has 0 radical (unpaired) electrons. The third-order valence-electron chi connectivity index (χ3n) is 5.59. The molecule has 0 aliphatic heterocycles. The van der Waals surface area contributed by atoms with Gasteiger partial charge in [0.25, 0.3) is 5.56 Å². The highest BCUT2D eigenvalue weighted by Gasteiger charge is 2.11. The molecule has 0 unspecified atom stereocenters. The van der Waals surface area contributed by atoms with Gasteiger partial charge in [-0.05, 0) is 42.0 Å². The summed E-state index contributed by atoms with van der Waals surface area (Å²) in [6.07, 6.45) is 4.40. The van der Waals surface area contributed by atoms with Crippen LogP contribution < -0.4 is 5.56 Å². The Morgan fingerprint density at radius 3 is 2.64 bits per heavy atom. The van der Waals surface area contributed by atoms with Crippen molar-refractivity contribution in [3.05, 3.63) is 110 Å². The smallest absolute Gasteiger partial charge is 0.282 e. The summed E-state index contributed by atoms with van der Waals surface area (Å²) >= 11 is 9.47. The number of halogens is 2. The van der Waals surface area contributed by atoms with Crippen LogP contribution in [0.25, 0.3) is 21.8 Å². The van der Waals surface area contributed by atoms with Crippen LogP contribution in [0.2, 0.25) is 5.02 Å². The highest BCUT2D eigenvalue weighted by atomic mass is 79.9. The van der Waals surface area contributed by atoms with Crippen molar-refractivity contribution in [1.29, 1.82) is 0 Å². The Hall–Kier alpha value is -3.22. The lowest BCUT2D eigenvalue weighted by Crippen LogP contribution is -2.22. The number of para-hydroxylation sites is 1. The van der Waals surface area contributed by atoms with E-state index >= 15 is 0 Å². The lowest BCUT2D eigenvalue weighted by Gasteiger charge is -2.07. The number of benzene rings is 3. The van der Waals surface area contributed by atoms with Gasteiger partial charge in [-0.2, -0.15) is 9.78 Å². The summed E-state index contributed by atoms with van der Waals surface area (Å²) in [5.74, 6) is 0.621. The number of rotatable bonds is 5. The Labute approximate surface area is 204 Å². The molecule has 0 aliphatic rings. The van der Waals surface area contributed by atoms with Crippen LogP contribution in [0.1, 0.15) is 23.9 Å². The first-order valence-corrected chi connectivity index (χ1v) is 11.8. The Bertz CT molecular complexity index is 1570. The summed E-state index contributed by atoms with van der Waals surface area (Å²) in [5.41, 5.74) is 3.67. The van der Waals surface area contributed by atoms with Crippen LogP contribution >= 0.6 is 27.5 Å². The molecular formula is C26H20BrClN4O. The van der Waals surface area contributed by atoms with E-state index in [1.807, 2.05) is 55.5 Å². The minimum absolute atomic E-state index is 0.181. The van der Waals surface area contributed by atoms with Crippen molar-refractivity contribution in [2.24, 2.45) is 5.10 Å². The minimum Gasteiger partial charge on any atom is -0.342 e. The third-order valence-corrected chi connectivity index (χ3v) is 6.33. The zero-order valence-corrected chi connectivity index (χ0v) is 20.2. The molecule has 0 spiro atoms. The van der Waals surface area contributed by atoms with E-state index < -0.39 is 0 Å². The molecule has 0 N–H and O–H groups in total. The molecular weight excluding hydrogens is 500 g/mol. The fourth-order valence-corrected chi connectivity index (χ4v) is 4.45. The van der Waals surface area contributed by atoms with Gasteiger partial charge >= 0.3 is 0 Å². The average molecular weight is 520 g/mol. The molecule has 5 nitrogen and oxygen atoms in total. The van der Waals surface area contributed by atoms with Crippen molar-refractivity contribution >= 4 is 55.6 Å². The standard InChI is InChI=1S/C26H20BrClN4O/c1-2-25-30-23-12-9-19(27)13-22(23)26(33)32(25)29-14-18-16-31(24-6-4-3-5-21(18)24)15-17-7-10-20(28)11-8-17/h3-14,16H,2,15H2,1H3. The van der Waals surface area contributed by atoms with Crippen LogP contribution in [0.4, 0.5) is 0 Å². The molecule has 2 heterocycles. The molecule has 33 heavy (non-hydrogen) atoms. The molecule has 7 heteroatoms. The lowest BCUT2D eigenvalue weighted by molar-refractivity contribution is 0.734. The van der Waals surface area contributed by atoms with Crippen LogP contribution in [0, 0.1) is 0 Å². The zero-order valence-electron chi connectivity index (χ0n) is 17.9. The van der Waals surface area contributed by atoms with Crippen LogP contribution in [0.3, 0.4) is 0 Å². The third kappa shape index (κ3) is 4.24. The van der Waals surface area contributed by atoms with Crippen molar-refractivity contribution in [1.82, 2.24) is 14.2 Å². The molecule has 5 aromatic rings. The second-order valence-corrected chi connectivity index (χ2v) is 9.11. The van der Waals surface area contributed by atoms with Crippen LogP contribution in [-0.2, 0) is 13.0 Å². The number of aryl methyl sites for hydroxylation is 1. The molecule has 0 saturated heterocycles. The first-order valence-electron chi connectivity index (χ1n) is 10.6. The van der Waals surface area contributed by atoms with Gasteiger partial charge in [-0.15, -0.1) is 0 Å². The number of hydrogen-bond donors (Lipinski definition) is 0. The van der Waals surface area contributed by atoms with Crippen molar-refractivity contribution in [3.8, 4) is 0 Å². The quantitative estimate of drug-likeness (QED) is 0.257. The monoisotopic (exact) mass is 518 g/mol. The molecule has 5 rings (SSSR count). The Morgan fingerprint density at radius 2 is 1.85 bits per heavy atom. The Balaban J connectivity index is 1.59. The largest absolute Gasteiger partial charge is 0.342 e. The lowest BCUT2D eigenvalue weighted by atomic mass is 10.2. The van der Waals surface area contributed by atoms with Crippen molar-refractivity contribution in [2.75, 3.05) is 0 Å². The summed E-state index contributed by atoms with van der Waals surface area (Å²) in [4.78, 5) is 17.8. The van der Waals surface area contributed by atoms with Gasteiger partial charge in [-0.25, -0.2) is 4.98 Å². The SMILES string of the molecule is CCc1nc2ccc(Br)cc2c(=O)n1N=Cc1cn(Cc2ccc(Cl)cc2)c2ccccc12. The predicted octanol–water partition coefficient (Wildman–Crippen LogP) is 6.26. The number of nitrogens with zero attached hydrogens (tertiary/aromatic N) is 4. The predicted molar refractivity (Wildman–Crippen MR) is 139 cm³/mol. The van der Waals surface area contributed by atoms with Crippen LogP contribution in [0.5, 0.6) is 0 Å². The molecule has 164 valence electrons. The fourth-order valence-electron chi connectivity index (χ4n) is 3.96. The second-order valence-electron chi connectivity index (χ2n) is 7.76. The molecule has 0 saturated carbocycles. The van der Waals surface area contributed by atoms with E-state index in [0.717, 1.165) is 31.5 Å². The minimum atomic E-state index is -0.181. The maximum absolute atomic E-state index is 13.2. The Kier molecular flexibility index (Phi) is 5.87. The summed E-state index contributed by atoms with van der Waals surface area (Å²) in [6, 6.07) is 21.5. The number of hydrogen-bond acceptors (Lipinski definition) is 3. The van der Waals surface area contributed by atoms with Gasteiger partial charge in [0.1, 0.15) is 5.82 Å². The van der Waals surface area contributed by atoms with E-state index in [1.54, 1.807) is 12.3 Å². The molecule has 0 amide bonds. The average Bonchev–Trinajstić information content (AvgIpc) is 3.17. The van der Waals surface area contributed by atoms with Gasteiger partial charge in [0.2, 0.25) is 0 Å². The van der Waals surface area contributed by atoms with Crippen molar-refractivity contribution < 1.29 is 0 Å². The molecule has 0 aliphatic carbocycles. The summed E-state index contributed by atoms with van der Waals surface area (Å²) in [6.45, 7) is 2.67. The molecule has 2 aromatic heterocycles. The van der Waals surface area contributed by atoms with Gasteiger partial charge in [0.15, 0.2) is 0 Å². The number of aromatic nitrogens is 3. The molecule has 0 atom stereocenters. The molecule has 0 fully saturated rings. The van der Waals surface area contributed by atoms with E-state index in [2.05, 4.69) is 48.9 Å². The number of fused-ring (bicyclic) bond motifs is 2. The first kappa shape index (κ1) is 21.6. The van der Waals surface area contributed by atoms with Gasteiger partial charge in [-0.3, -0.25) is 4.79 Å². The van der Waals surface area contributed by atoms with Gasteiger partial charge in [-0.1, -0.05) is 64.8 Å². The molecule has 0 bridgehead atoms. The maximum Gasteiger partial charge on any atom is 0.282 e. The highest BCUT2D eigenvalue weighted by Crippen LogP contribution is 2.22. The fraction of sp³-hybridized carbons (Fsp3) is 0.115. The summed E-state index contributed by atoms with van der Waals surface area (Å²) in [5, 5.41) is 6.90.